The molecule has 1 aromatic rings. The van der Waals surface area contributed by atoms with E-state index in [1.165, 1.54) is 0 Å². The Hall–Kier alpha value is -1.20. The Morgan fingerprint density at radius 2 is 1.00 bits per heavy atom. The zero-order valence-corrected chi connectivity index (χ0v) is 17.2. The predicted molar refractivity (Wildman–Crippen MR) is 101 cm³/mol. The van der Waals surface area contributed by atoms with Gasteiger partial charge in [-0.1, -0.05) is 30.3 Å². The molecule has 0 aliphatic heterocycles. The molecule has 0 saturated heterocycles. The molecule has 0 heterocycles. The summed E-state index contributed by atoms with van der Waals surface area (Å²) in [6, 6.07) is 8.07. The average molecular weight is 350 g/mol. The van der Waals surface area contributed by atoms with E-state index in [4.69, 9.17) is 19.6 Å². The molecular formula is C21H34O4. The summed E-state index contributed by atoms with van der Waals surface area (Å²) in [6.07, 6.45) is 1.71. The number of benzene rings is 1. The first kappa shape index (κ1) is 21.8. The topological polar surface area (TPSA) is 36.9 Å². The number of hydrogen-bond donors (Lipinski definition) is 0. The summed E-state index contributed by atoms with van der Waals surface area (Å²) in [6.45, 7) is 21.3. The highest BCUT2D eigenvalue weighted by molar-refractivity contribution is 5.29. The van der Waals surface area contributed by atoms with Gasteiger partial charge < -0.3 is 0 Å². The Morgan fingerprint density at radius 1 is 0.640 bits per heavy atom. The van der Waals surface area contributed by atoms with Gasteiger partial charge in [-0.3, -0.25) is 0 Å². The molecule has 0 aliphatic rings. The van der Waals surface area contributed by atoms with Crippen molar-refractivity contribution in [2.24, 2.45) is 0 Å². The largest absolute Gasteiger partial charge is 0.230 e. The van der Waals surface area contributed by atoms with Crippen LogP contribution in [0.1, 0.15) is 73.4 Å². The molecule has 142 valence electrons. The average Bonchev–Trinajstić information content (AvgIpc) is 2.51. The summed E-state index contributed by atoms with van der Waals surface area (Å²) in [7, 11) is 0. The van der Waals surface area contributed by atoms with Crippen molar-refractivity contribution in [2.75, 3.05) is 0 Å². The monoisotopic (exact) mass is 350 g/mol. The molecule has 4 nitrogen and oxygen atoms in total. The molecule has 0 atom stereocenters. The van der Waals surface area contributed by atoms with Gasteiger partial charge in [0.15, 0.2) is 0 Å². The van der Waals surface area contributed by atoms with Crippen molar-refractivity contribution in [3.8, 4) is 0 Å². The van der Waals surface area contributed by atoms with Crippen LogP contribution in [0.2, 0.25) is 0 Å². The molecule has 0 unspecified atom stereocenters. The summed E-state index contributed by atoms with van der Waals surface area (Å²) < 4.78 is 0. The van der Waals surface area contributed by atoms with E-state index in [2.05, 4.69) is 6.58 Å². The van der Waals surface area contributed by atoms with Crippen LogP contribution in [0, 0.1) is 0 Å². The molecular weight excluding hydrogens is 316 g/mol. The van der Waals surface area contributed by atoms with Crippen LogP contribution in [-0.2, 0) is 30.8 Å². The van der Waals surface area contributed by atoms with Crippen molar-refractivity contribution in [3.63, 3.8) is 0 Å². The summed E-state index contributed by atoms with van der Waals surface area (Å²) in [5.41, 5.74) is -0.0314. The van der Waals surface area contributed by atoms with Gasteiger partial charge in [0.25, 0.3) is 0 Å². The van der Waals surface area contributed by atoms with Gasteiger partial charge in [-0.25, -0.2) is 19.6 Å². The summed E-state index contributed by atoms with van der Waals surface area (Å²) >= 11 is 0. The zero-order chi connectivity index (χ0) is 19.5. The van der Waals surface area contributed by atoms with Crippen LogP contribution in [0.4, 0.5) is 0 Å². The Morgan fingerprint density at radius 3 is 1.32 bits per heavy atom. The minimum atomic E-state index is -0.592. The van der Waals surface area contributed by atoms with Crippen LogP contribution in [-0.4, -0.2) is 11.2 Å². The highest BCUT2D eigenvalue weighted by atomic mass is 17.2. The normalized spacial score (nSPS) is 13.8. The van der Waals surface area contributed by atoms with Crippen LogP contribution in [0.3, 0.4) is 0 Å². The zero-order valence-electron chi connectivity index (χ0n) is 17.2. The molecule has 0 bridgehead atoms. The predicted octanol–water partition coefficient (Wildman–Crippen LogP) is 5.82. The summed E-state index contributed by atoms with van der Waals surface area (Å²) in [4.78, 5) is 22.3. The molecule has 1 aromatic carbocycles. The maximum Gasteiger partial charge on any atom is 0.123 e. The van der Waals surface area contributed by atoms with Crippen molar-refractivity contribution in [3.05, 3.63) is 48.0 Å². The third kappa shape index (κ3) is 6.90. The fourth-order valence-corrected chi connectivity index (χ4v) is 1.84. The fraction of sp³-hybridized carbons (Fsp3) is 0.619. The first-order valence-corrected chi connectivity index (χ1v) is 8.67. The van der Waals surface area contributed by atoms with Gasteiger partial charge in [-0.2, -0.15) is 0 Å². The van der Waals surface area contributed by atoms with E-state index in [1.807, 2.05) is 86.6 Å². The van der Waals surface area contributed by atoms with Gasteiger partial charge >= 0.3 is 0 Å². The first-order valence-electron chi connectivity index (χ1n) is 8.67. The molecule has 0 N–H and O–H groups in total. The number of rotatable bonds is 8. The Labute approximate surface area is 153 Å². The van der Waals surface area contributed by atoms with Crippen LogP contribution in [0.15, 0.2) is 36.9 Å². The third-order valence-corrected chi connectivity index (χ3v) is 3.73. The molecule has 0 aromatic heterocycles. The molecule has 4 heteroatoms. The van der Waals surface area contributed by atoms with Crippen molar-refractivity contribution in [1.29, 1.82) is 0 Å². The lowest BCUT2D eigenvalue weighted by Crippen LogP contribution is -2.30. The first-order chi connectivity index (χ1) is 11.2. The molecule has 0 fully saturated rings. The molecule has 25 heavy (non-hydrogen) atoms. The highest BCUT2D eigenvalue weighted by Gasteiger charge is 2.29. The molecule has 0 spiro atoms. The smallest absolute Gasteiger partial charge is 0.123 e. The van der Waals surface area contributed by atoms with Gasteiger partial charge in [-0.05, 0) is 73.4 Å². The standard InChI is InChI=1S/C21H34O4/c1-11-19(5,6)23-25-21(9,10)17-14-12-16(13-15-17)20(7,8)24-22-18(2,3)4/h11-15H,1H2,2-10H3. The lowest BCUT2D eigenvalue weighted by Gasteiger charge is -2.31. The van der Waals surface area contributed by atoms with Crippen LogP contribution < -0.4 is 0 Å². The van der Waals surface area contributed by atoms with Crippen molar-refractivity contribution >= 4 is 0 Å². The summed E-state index contributed by atoms with van der Waals surface area (Å²) in [5.74, 6) is 0. The lowest BCUT2D eigenvalue weighted by atomic mass is 9.92. The quantitative estimate of drug-likeness (QED) is 0.336. The van der Waals surface area contributed by atoms with Crippen molar-refractivity contribution in [2.45, 2.75) is 84.7 Å². The third-order valence-electron chi connectivity index (χ3n) is 3.73. The van der Waals surface area contributed by atoms with E-state index < -0.39 is 16.8 Å². The maximum atomic E-state index is 5.66. The Kier molecular flexibility index (Phi) is 6.63. The summed E-state index contributed by atoms with van der Waals surface area (Å²) in [5, 5.41) is 0. The van der Waals surface area contributed by atoms with E-state index in [1.54, 1.807) is 6.08 Å². The fourth-order valence-electron chi connectivity index (χ4n) is 1.84. The maximum absolute atomic E-state index is 5.66. The van der Waals surface area contributed by atoms with Crippen LogP contribution >= 0.6 is 0 Å². The van der Waals surface area contributed by atoms with Crippen molar-refractivity contribution < 1.29 is 19.6 Å². The molecule has 1 rings (SSSR count). The van der Waals surface area contributed by atoms with E-state index in [0.29, 0.717) is 0 Å². The van der Waals surface area contributed by atoms with Gasteiger partial charge in [-0.15, -0.1) is 6.58 Å². The van der Waals surface area contributed by atoms with Gasteiger partial charge in [0.05, 0.1) is 5.60 Å². The van der Waals surface area contributed by atoms with E-state index in [0.717, 1.165) is 11.1 Å². The molecule has 0 amide bonds. The van der Waals surface area contributed by atoms with Crippen LogP contribution in [0.25, 0.3) is 0 Å². The van der Waals surface area contributed by atoms with E-state index in [9.17, 15) is 0 Å². The lowest BCUT2D eigenvalue weighted by molar-refractivity contribution is -0.401. The SMILES string of the molecule is C=CC(C)(C)OOC(C)(C)c1ccc(C(C)(C)OOC(C)(C)C)cc1. The Balaban J connectivity index is 2.85. The minimum Gasteiger partial charge on any atom is -0.230 e. The second-order valence-corrected chi connectivity index (χ2v) is 8.85. The second kappa shape index (κ2) is 7.58. The van der Waals surface area contributed by atoms with Gasteiger partial charge in [0, 0.05) is 0 Å². The van der Waals surface area contributed by atoms with E-state index in [-0.39, 0.29) is 5.60 Å². The molecule has 0 saturated carbocycles. The van der Waals surface area contributed by atoms with E-state index >= 15 is 0 Å². The highest BCUT2D eigenvalue weighted by Crippen LogP contribution is 2.31. The van der Waals surface area contributed by atoms with Gasteiger partial charge in [0.1, 0.15) is 16.8 Å². The Bertz CT molecular complexity index is 563. The van der Waals surface area contributed by atoms with Gasteiger partial charge in [0.2, 0.25) is 0 Å². The minimum absolute atomic E-state index is 0.359. The number of hydrogen-bond acceptors (Lipinski definition) is 4. The van der Waals surface area contributed by atoms with Crippen LogP contribution in [0.5, 0.6) is 0 Å². The molecule has 0 radical (unpaired) electrons. The van der Waals surface area contributed by atoms with Crippen molar-refractivity contribution in [1.82, 2.24) is 0 Å². The molecule has 0 aliphatic carbocycles. The second-order valence-electron chi connectivity index (χ2n) is 8.85.